The first-order valence-electron chi connectivity index (χ1n) is 17.2. The molecule has 0 saturated carbocycles. The van der Waals surface area contributed by atoms with Gasteiger partial charge in [-0.15, -0.1) is 0 Å². The molecular weight excluding hydrogens is 608 g/mol. The topological polar surface area (TPSA) is 185 Å². The molecule has 47 heavy (non-hydrogen) atoms. The van der Waals surface area contributed by atoms with Crippen molar-refractivity contribution in [1.82, 2.24) is 12.3 Å². The van der Waals surface area contributed by atoms with Gasteiger partial charge in [-0.05, 0) is 53.6 Å². The van der Waals surface area contributed by atoms with E-state index in [9.17, 15) is 0 Å². The Bertz CT molecular complexity index is 1060. The molecule has 7 unspecified atom stereocenters. The van der Waals surface area contributed by atoms with Crippen molar-refractivity contribution in [1.29, 1.82) is 0 Å². The maximum atomic E-state index is 5.81. The third-order valence-corrected chi connectivity index (χ3v) is 9.97. The number of hydrogen-bond acceptors (Lipinski definition) is 12. The molecule has 1 aromatic carbocycles. The summed E-state index contributed by atoms with van der Waals surface area (Å²) in [6.45, 7) is 16.8. The first kappa shape index (κ1) is 37.0. The predicted octanol–water partition coefficient (Wildman–Crippen LogP) is 3.02. The van der Waals surface area contributed by atoms with Gasteiger partial charge in [0.15, 0.2) is 0 Å². The van der Waals surface area contributed by atoms with Crippen LogP contribution in [0.3, 0.4) is 0 Å². The van der Waals surface area contributed by atoms with Gasteiger partial charge in [0.05, 0.1) is 110 Å². The lowest BCUT2D eigenvalue weighted by molar-refractivity contribution is -0.0762. The SMILES string of the molecule is CCC(COCC1CO1)(COCC1CO1)COCC1CO1.Cc1c(CC2CO2)c(C)c(CC2CO2)c(CC2CO2)c1CC1CO1.N.N. The molecule has 7 saturated heterocycles. The van der Waals surface area contributed by atoms with Gasteiger partial charge in [-0.1, -0.05) is 6.92 Å². The lowest BCUT2D eigenvalue weighted by atomic mass is 9.81. The van der Waals surface area contributed by atoms with E-state index in [1.54, 1.807) is 0 Å². The third kappa shape index (κ3) is 11.7. The molecule has 0 bridgehead atoms. The highest BCUT2D eigenvalue weighted by Gasteiger charge is 2.36. The van der Waals surface area contributed by atoms with Gasteiger partial charge in [0.25, 0.3) is 0 Å². The first-order valence-corrected chi connectivity index (χ1v) is 17.2. The zero-order valence-electron chi connectivity index (χ0n) is 28.8. The summed E-state index contributed by atoms with van der Waals surface area (Å²) in [6.07, 6.45) is 7.70. The molecule has 8 rings (SSSR count). The Morgan fingerprint density at radius 2 is 0.745 bits per heavy atom. The molecule has 0 aliphatic carbocycles. The number of benzene rings is 1. The standard InChI is InChI=1S/C20H26O4.C15H26O6.2H3N/c1-11-17(3-13-7-21-13)12(2)19(5-15-9-23-15)20(6-16-10-24-16)18(11)4-14-8-22-14;1-2-15(9-16-3-12-6-19-12,10-17-4-13-7-20-13)11-18-5-14-8-21-14;;/h13-16H,3-10H2,1-2H3;12-14H,2-11H2,1H3;2*1H3. The van der Waals surface area contributed by atoms with Crippen molar-refractivity contribution in [2.75, 3.05) is 85.9 Å². The number of rotatable bonds is 21. The van der Waals surface area contributed by atoms with E-state index in [2.05, 4.69) is 20.8 Å². The van der Waals surface area contributed by atoms with Crippen LogP contribution in [0.2, 0.25) is 0 Å². The molecule has 0 spiro atoms. The van der Waals surface area contributed by atoms with Crippen molar-refractivity contribution in [3.05, 3.63) is 33.4 Å². The Balaban J connectivity index is 0.000000179. The van der Waals surface area contributed by atoms with E-state index in [1.165, 1.54) is 33.4 Å². The molecule has 12 heteroatoms. The second-order valence-corrected chi connectivity index (χ2v) is 14.1. The van der Waals surface area contributed by atoms with Crippen LogP contribution in [-0.4, -0.2) is 129 Å². The molecule has 7 atom stereocenters. The van der Waals surface area contributed by atoms with Crippen LogP contribution in [0.15, 0.2) is 0 Å². The molecule has 0 radical (unpaired) electrons. The van der Waals surface area contributed by atoms with Crippen molar-refractivity contribution in [3.63, 3.8) is 0 Å². The van der Waals surface area contributed by atoms with Crippen molar-refractivity contribution in [2.24, 2.45) is 5.41 Å². The average molecular weight is 667 g/mol. The van der Waals surface area contributed by atoms with Gasteiger partial charge in [0.1, 0.15) is 18.3 Å². The van der Waals surface area contributed by atoms with Gasteiger partial charge in [-0.25, -0.2) is 0 Å². The Morgan fingerprint density at radius 3 is 1.02 bits per heavy atom. The van der Waals surface area contributed by atoms with Crippen LogP contribution >= 0.6 is 0 Å². The zero-order valence-corrected chi connectivity index (χ0v) is 28.8. The fraction of sp³-hybridized carbons (Fsp3) is 0.829. The van der Waals surface area contributed by atoms with Gasteiger partial charge in [-0.2, -0.15) is 0 Å². The van der Waals surface area contributed by atoms with Gasteiger partial charge < -0.3 is 59.7 Å². The molecule has 268 valence electrons. The second kappa shape index (κ2) is 16.6. The summed E-state index contributed by atoms with van der Waals surface area (Å²) in [5.74, 6) is 0. The molecule has 7 fully saturated rings. The van der Waals surface area contributed by atoms with E-state index in [0.717, 1.165) is 78.4 Å². The molecule has 12 nitrogen and oxygen atoms in total. The van der Waals surface area contributed by atoms with E-state index in [1.807, 2.05) is 0 Å². The summed E-state index contributed by atoms with van der Waals surface area (Å²) in [5, 5.41) is 0. The number of ether oxygens (including phenoxy) is 10. The summed E-state index contributed by atoms with van der Waals surface area (Å²) < 4.78 is 55.2. The summed E-state index contributed by atoms with van der Waals surface area (Å²) in [4.78, 5) is 0. The lowest BCUT2D eigenvalue weighted by Crippen LogP contribution is -2.38. The summed E-state index contributed by atoms with van der Waals surface area (Å²) >= 11 is 0. The van der Waals surface area contributed by atoms with Crippen molar-refractivity contribution >= 4 is 0 Å². The highest BCUT2D eigenvalue weighted by molar-refractivity contribution is 5.53. The van der Waals surface area contributed by atoms with Crippen LogP contribution in [-0.2, 0) is 73.1 Å². The predicted molar refractivity (Wildman–Crippen MR) is 174 cm³/mol. The summed E-state index contributed by atoms with van der Waals surface area (Å²) in [7, 11) is 0. The van der Waals surface area contributed by atoms with Gasteiger partial charge in [0, 0.05) is 31.1 Å². The van der Waals surface area contributed by atoms with Crippen molar-refractivity contribution in [3.8, 4) is 0 Å². The normalized spacial score (nSPS) is 31.3. The monoisotopic (exact) mass is 666 g/mol. The highest BCUT2D eigenvalue weighted by atomic mass is 16.6. The molecule has 6 N–H and O–H groups in total. The van der Waals surface area contributed by atoms with E-state index >= 15 is 0 Å². The van der Waals surface area contributed by atoms with E-state index < -0.39 is 0 Å². The molecule has 1 aromatic rings. The number of hydrogen-bond donors (Lipinski definition) is 2. The molecule has 7 aliphatic heterocycles. The first-order chi connectivity index (χ1) is 22.0. The maximum absolute atomic E-state index is 5.81. The van der Waals surface area contributed by atoms with E-state index in [0.29, 0.717) is 82.4 Å². The van der Waals surface area contributed by atoms with Crippen molar-refractivity contribution in [2.45, 2.75) is 95.6 Å². The minimum Gasteiger partial charge on any atom is -0.378 e. The van der Waals surface area contributed by atoms with Gasteiger partial charge in [-0.3, -0.25) is 0 Å². The Labute approximate surface area is 279 Å². The van der Waals surface area contributed by atoms with Gasteiger partial charge >= 0.3 is 0 Å². The van der Waals surface area contributed by atoms with Gasteiger partial charge in [0.2, 0.25) is 0 Å². The van der Waals surface area contributed by atoms with Crippen LogP contribution < -0.4 is 12.3 Å². The van der Waals surface area contributed by atoms with Crippen LogP contribution in [0, 0.1) is 19.3 Å². The Morgan fingerprint density at radius 1 is 0.468 bits per heavy atom. The fourth-order valence-electron chi connectivity index (χ4n) is 6.18. The second-order valence-electron chi connectivity index (χ2n) is 14.1. The molecule has 7 heterocycles. The largest absolute Gasteiger partial charge is 0.378 e. The highest BCUT2D eigenvalue weighted by Crippen LogP contribution is 2.37. The van der Waals surface area contributed by atoms with Crippen LogP contribution in [0.5, 0.6) is 0 Å². The molecule has 0 amide bonds. The van der Waals surface area contributed by atoms with Crippen LogP contribution in [0.25, 0.3) is 0 Å². The summed E-state index contributed by atoms with van der Waals surface area (Å²) in [6, 6.07) is 0. The molecule has 0 aromatic heterocycles. The average Bonchev–Trinajstić information content (AvgIpc) is 3.78. The summed E-state index contributed by atoms with van der Waals surface area (Å²) in [5.41, 5.74) is 8.90. The van der Waals surface area contributed by atoms with Crippen LogP contribution in [0.1, 0.15) is 46.7 Å². The smallest absolute Gasteiger partial charge is 0.104 e. The Hall–Kier alpha value is -1.26. The molecule has 7 aliphatic rings. The van der Waals surface area contributed by atoms with Crippen molar-refractivity contribution < 1.29 is 47.4 Å². The molecular formula is C35H58N2O10. The quantitative estimate of drug-likeness (QED) is 0.183. The van der Waals surface area contributed by atoms with E-state index in [-0.39, 0.29) is 17.7 Å². The fourth-order valence-corrected chi connectivity index (χ4v) is 6.18. The Kier molecular flexibility index (Phi) is 13.1. The minimum atomic E-state index is -0.0985. The maximum Gasteiger partial charge on any atom is 0.104 e. The van der Waals surface area contributed by atoms with Crippen LogP contribution in [0.4, 0.5) is 0 Å². The third-order valence-electron chi connectivity index (χ3n) is 9.97. The number of epoxide rings is 7. The lowest BCUT2D eigenvalue weighted by Gasteiger charge is -2.32. The minimum absolute atomic E-state index is 0. The zero-order chi connectivity index (χ0) is 30.8. The van der Waals surface area contributed by atoms with E-state index in [4.69, 9.17) is 47.4 Å².